The number of carbonyl (C=O) groups is 2. The van der Waals surface area contributed by atoms with Gasteiger partial charge in [-0.2, -0.15) is 0 Å². The molecule has 1 atom stereocenters. The van der Waals surface area contributed by atoms with E-state index in [2.05, 4.69) is 57.0 Å². The third kappa shape index (κ3) is 10.2. The maximum atomic E-state index is 13.0. The van der Waals surface area contributed by atoms with Crippen LogP contribution in [0.5, 0.6) is 0 Å². The lowest BCUT2D eigenvalue weighted by molar-refractivity contribution is 0.0386. The van der Waals surface area contributed by atoms with Crippen molar-refractivity contribution in [3.8, 4) is 0 Å². The normalized spacial score (nSPS) is 17.0. The van der Waals surface area contributed by atoms with E-state index in [1.807, 2.05) is 46.2 Å². The molecule has 3 amide bonds. The number of likely N-dealkylation sites (tertiary alicyclic amines) is 1. The largest absolute Gasteiger partial charge is 0.378 e. The molecule has 43 heavy (non-hydrogen) atoms. The first-order valence-corrected chi connectivity index (χ1v) is 16.0. The lowest BCUT2D eigenvalue weighted by Crippen LogP contribution is -2.51. The van der Waals surface area contributed by atoms with Crippen molar-refractivity contribution in [2.75, 3.05) is 57.8 Å². The zero-order chi connectivity index (χ0) is 30.1. The molecular formula is C35H53ClN4O3. The fourth-order valence-electron chi connectivity index (χ4n) is 6.02. The van der Waals surface area contributed by atoms with Gasteiger partial charge in [0.05, 0.1) is 13.2 Å². The summed E-state index contributed by atoms with van der Waals surface area (Å²) in [5, 5.41) is 3.10. The Kier molecular flexibility index (Phi) is 13.3. The second-order valence-corrected chi connectivity index (χ2v) is 13.2. The van der Waals surface area contributed by atoms with Gasteiger partial charge in [-0.15, -0.1) is 12.4 Å². The molecule has 2 aliphatic heterocycles. The van der Waals surface area contributed by atoms with Gasteiger partial charge >= 0.3 is 6.03 Å². The molecule has 1 unspecified atom stereocenters. The van der Waals surface area contributed by atoms with Crippen molar-refractivity contribution in [1.82, 2.24) is 14.7 Å². The smallest absolute Gasteiger partial charge is 0.320 e. The molecule has 238 valence electrons. The van der Waals surface area contributed by atoms with Gasteiger partial charge in [-0.05, 0) is 85.9 Å². The van der Waals surface area contributed by atoms with Crippen LogP contribution in [-0.2, 0) is 16.6 Å². The van der Waals surface area contributed by atoms with E-state index in [0.29, 0.717) is 43.8 Å². The summed E-state index contributed by atoms with van der Waals surface area (Å²) in [6.07, 6.45) is 5.41. The van der Waals surface area contributed by atoms with E-state index in [1.54, 1.807) is 0 Å². The summed E-state index contributed by atoms with van der Waals surface area (Å²) in [6, 6.07) is 16.8. The first kappa shape index (κ1) is 34.9. The van der Waals surface area contributed by atoms with Crippen molar-refractivity contribution in [1.29, 1.82) is 0 Å². The highest BCUT2D eigenvalue weighted by atomic mass is 35.5. The topological polar surface area (TPSA) is 65.1 Å². The number of ether oxygens (including phenoxy) is 1. The minimum Gasteiger partial charge on any atom is -0.378 e. The Balaban J connectivity index is 0.00000506. The summed E-state index contributed by atoms with van der Waals surface area (Å²) in [7, 11) is 0. The highest BCUT2D eigenvalue weighted by Crippen LogP contribution is 2.24. The van der Waals surface area contributed by atoms with Crippen molar-refractivity contribution in [3.05, 3.63) is 65.2 Å². The quantitative estimate of drug-likeness (QED) is 0.318. The zero-order valence-corrected chi connectivity index (χ0v) is 27.8. The van der Waals surface area contributed by atoms with Gasteiger partial charge in [0.1, 0.15) is 0 Å². The molecule has 0 aromatic heterocycles. The van der Waals surface area contributed by atoms with Crippen molar-refractivity contribution in [3.63, 3.8) is 0 Å². The van der Waals surface area contributed by atoms with Crippen molar-refractivity contribution >= 4 is 30.0 Å². The first-order valence-electron chi connectivity index (χ1n) is 16.0. The predicted octanol–water partition coefficient (Wildman–Crippen LogP) is 6.86. The molecule has 2 aliphatic rings. The molecule has 0 bridgehead atoms. The standard InChI is InChI=1S/C35H52N4O3.ClH/c1-6-7-17-39(26-28-15-18-37(19-16-28)34(41)38-20-22-42-23-21-38)27(2)24-29-9-8-10-32(25-29)36-33(40)30-11-13-31(14-12-30)35(3,4)5;/h8-14,25,27-28H,6-7,15-24,26H2,1-5H3,(H,36,40);1H. The van der Waals surface area contributed by atoms with Crippen molar-refractivity contribution in [2.45, 2.75) is 78.2 Å². The maximum absolute atomic E-state index is 13.0. The minimum absolute atomic E-state index is 0. The van der Waals surface area contributed by atoms with E-state index >= 15 is 0 Å². The molecule has 4 rings (SSSR count). The average molecular weight is 613 g/mol. The fourth-order valence-corrected chi connectivity index (χ4v) is 6.02. The molecule has 0 aliphatic carbocycles. The van der Waals surface area contributed by atoms with E-state index in [0.717, 1.165) is 51.1 Å². The van der Waals surface area contributed by atoms with Gasteiger partial charge in [0, 0.05) is 50.0 Å². The molecule has 2 heterocycles. The second-order valence-electron chi connectivity index (χ2n) is 13.2. The molecule has 2 fully saturated rings. The fraction of sp³-hybridized carbons (Fsp3) is 0.600. The summed E-state index contributed by atoms with van der Waals surface area (Å²) < 4.78 is 5.41. The third-order valence-corrected chi connectivity index (χ3v) is 8.81. The highest BCUT2D eigenvalue weighted by Gasteiger charge is 2.29. The number of nitrogens with zero attached hydrogens (tertiary/aromatic N) is 3. The third-order valence-electron chi connectivity index (χ3n) is 8.81. The number of anilines is 1. The van der Waals surface area contributed by atoms with Gasteiger partial charge in [0.15, 0.2) is 0 Å². The zero-order valence-electron chi connectivity index (χ0n) is 26.9. The van der Waals surface area contributed by atoms with E-state index in [-0.39, 0.29) is 29.8 Å². The number of hydrogen-bond donors (Lipinski definition) is 1. The number of carbonyl (C=O) groups excluding carboxylic acids is 2. The van der Waals surface area contributed by atoms with Crippen LogP contribution < -0.4 is 5.32 Å². The van der Waals surface area contributed by atoms with Crippen LogP contribution in [0.3, 0.4) is 0 Å². The number of halogens is 1. The molecule has 0 saturated carbocycles. The summed E-state index contributed by atoms with van der Waals surface area (Å²) in [6.45, 7) is 17.7. The number of amides is 3. The van der Waals surface area contributed by atoms with E-state index in [4.69, 9.17) is 4.74 Å². The SMILES string of the molecule is CCCCN(CC1CCN(C(=O)N2CCOCC2)CC1)C(C)Cc1cccc(NC(=O)c2ccc(C(C)(C)C)cc2)c1.Cl. The van der Waals surface area contributed by atoms with Crippen molar-refractivity contribution in [2.24, 2.45) is 5.92 Å². The van der Waals surface area contributed by atoms with Crippen molar-refractivity contribution < 1.29 is 14.3 Å². The molecule has 8 heteroatoms. The second kappa shape index (κ2) is 16.5. The summed E-state index contributed by atoms with van der Waals surface area (Å²) in [4.78, 5) is 32.5. The molecular weight excluding hydrogens is 560 g/mol. The van der Waals surface area contributed by atoms with Gasteiger partial charge in [-0.25, -0.2) is 4.79 Å². The van der Waals surface area contributed by atoms with Crippen LogP contribution in [0, 0.1) is 5.92 Å². The molecule has 1 N–H and O–H groups in total. The molecule has 7 nitrogen and oxygen atoms in total. The van der Waals surface area contributed by atoms with Crippen LogP contribution in [0.15, 0.2) is 48.5 Å². The monoisotopic (exact) mass is 612 g/mol. The van der Waals surface area contributed by atoms with Gasteiger partial charge in [-0.3, -0.25) is 4.79 Å². The average Bonchev–Trinajstić information content (AvgIpc) is 2.99. The van der Waals surface area contributed by atoms with Crippen LogP contribution >= 0.6 is 12.4 Å². The lowest BCUT2D eigenvalue weighted by Gasteiger charge is -2.39. The Morgan fingerprint density at radius 3 is 2.28 bits per heavy atom. The number of urea groups is 1. The maximum Gasteiger partial charge on any atom is 0.320 e. The molecule has 0 spiro atoms. The Hall–Kier alpha value is -2.61. The van der Waals surface area contributed by atoms with Gasteiger partial charge in [0.2, 0.25) is 0 Å². The number of rotatable bonds is 10. The highest BCUT2D eigenvalue weighted by molar-refractivity contribution is 6.04. The van der Waals surface area contributed by atoms with Crippen LogP contribution in [0.2, 0.25) is 0 Å². The molecule has 2 aromatic rings. The number of unbranched alkanes of at least 4 members (excludes halogenated alkanes) is 1. The van der Waals surface area contributed by atoms with E-state index < -0.39 is 0 Å². The van der Waals surface area contributed by atoms with Crippen LogP contribution in [0.1, 0.15) is 81.8 Å². The number of morpholine rings is 1. The first-order chi connectivity index (χ1) is 20.1. The Labute approximate surface area is 265 Å². The van der Waals surface area contributed by atoms with Gasteiger partial charge in [0.25, 0.3) is 5.91 Å². The van der Waals surface area contributed by atoms with Gasteiger partial charge < -0.3 is 24.8 Å². The van der Waals surface area contributed by atoms with Crippen LogP contribution in [0.25, 0.3) is 0 Å². The Bertz CT molecular complexity index is 1150. The van der Waals surface area contributed by atoms with Crippen LogP contribution in [0.4, 0.5) is 10.5 Å². The lowest BCUT2D eigenvalue weighted by atomic mass is 9.87. The number of piperidine rings is 1. The van der Waals surface area contributed by atoms with Crippen LogP contribution in [-0.4, -0.2) is 85.2 Å². The summed E-state index contributed by atoms with van der Waals surface area (Å²) in [5.74, 6) is 0.525. The Morgan fingerprint density at radius 2 is 1.65 bits per heavy atom. The minimum atomic E-state index is -0.0799. The predicted molar refractivity (Wildman–Crippen MR) is 179 cm³/mol. The summed E-state index contributed by atoms with van der Waals surface area (Å²) >= 11 is 0. The Morgan fingerprint density at radius 1 is 1.00 bits per heavy atom. The molecule has 2 saturated heterocycles. The van der Waals surface area contributed by atoms with E-state index in [9.17, 15) is 9.59 Å². The van der Waals surface area contributed by atoms with E-state index in [1.165, 1.54) is 24.0 Å². The number of nitrogens with one attached hydrogen (secondary N) is 1. The van der Waals surface area contributed by atoms with Gasteiger partial charge in [-0.1, -0.05) is 58.4 Å². The number of hydrogen-bond acceptors (Lipinski definition) is 4. The molecule has 0 radical (unpaired) electrons. The summed E-state index contributed by atoms with van der Waals surface area (Å²) in [5.41, 5.74) is 4.02. The number of benzene rings is 2. The molecule has 2 aromatic carbocycles.